The standard InChI is InChI=1S/C70H46N3.Ir/c1-48-39-70(55-28-18-27-54(41-55)53-26-17-25-52(40-53)49-19-5-2-6-20-49)73-47-67(48)66-34-16-15-33-65(66)60-43-58(63-31-13-11-29-61(63)56-35-37-68(71-45-56)50-21-7-3-8-22-50)42-59(44-60)64-32-14-12-30-62(64)57-36-38-69(72-46-57)51-23-9-4-10-24-51;/h2-21,23,25-27,29-47H,1H3;/q-3;+3. The van der Waals surface area contributed by atoms with E-state index in [1.54, 1.807) is 0 Å². The molecule has 3 nitrogen and oxygen atoms in total. The Balaban J connectivity index is 0.00000588. The summed E-state index contributed by atoms with van der Waals surface area (Å²) in [5.74, 6) is 0. The monoisotopic (exact) mass is 1120 g/mol. The Labute approximate surface area is 447 Å². The van der Waals surface area contributed by atoms with Gasteiger partial charge in [0, 0.05) is 24.2 Å². The summed E-state index contributed by atoms with van der Waals surface area (Å²) in [4.78, 5) is 15.0. The van der Waals surface area contributed by atoms with Crippen molar-refractivity contribution < 1.29 is 20.1 Å². The quantitative estimate of drug-likeness (QED) is 0.121. The smallest absolute Gasteiger partial charge is 0.304 e. The molecule has 0 saturated heterocycles. The summed E-state index contributed by atoms with van der Waals surface area (Å²) in [5.41, 5.74) is 24.4. The molecule has 350 valence electrons. The second-order valence-electron chi connectivity index (χ2n) is 18.2. The van der Waals surface area contributed by atoms with Gasteiger partial charge in [-0.2, -0.15) is 0 Å². The summed E-state index contributed by atoms with van der Waals surface area (Å²) in [6, 6.07) is 95.3. The fourth-order valence-electron chi connectivity index (χ4n) is 9.86. The van der Waals surface area contributed by atoms with Gasteiger partial charge in [-0.25, -0.2) is 0 Å². The van der Waals surface area contributed by atoms with E-state index >= 15 is 0 Å². The van der Waals surface area contributed by atoms with E-state index in [0.717, 1.165) is 117 Å². The second kappa shape index (κ2) is 21.4. The zero-order valence-corrected chi connectivity index (χ0v) is 42.9. The third kappa shape index (κ3) is 9.85. The first-order valence-electron chi connectivity index (χ1n) is 24.5. The van der Waals surface area contributed by atoms with Crippen LogP contribution in [-0.2, 0) is 20.1 Å². The van der Waals surface area contributed by atoms with Crippen LogP contribution >= 0.6 is 0 Å². The maximum atomic E-state index is 5.15. The summed E-state index contributed by atoms with van der Waals surface area (Å²) >= 11 is 0. The van der Waals surface area contributed by atoms with E-state index in [1.807, 2.05) is 73.2 Å². The van der Waals surface area contributed by atoms with Gasteiger partial charge in [-0.05, 0) is 132 Å². The Morgan fingerprint density at radius 2 is 0.676 bits per heavy atom. The van der Waals surface area contributed by atoms with Gasteiger partial charge in [-0.1, -0.05) is 152 Å². The minimum Gasteiger partial charge on any atom is -0.304 e. The third-order valence-corrected chi connectivity index (χ3v) is 13.5. The van der Waals surface area contributed by atoms with Crippen LogP contribution in [0.2, 0.25) is 0 Å². The fraction of sp³-hybridized carbons (Fsp3) is 0.0143. The van der Waals surface area contributed by atoms with E-state index in [0.29, 0.717) is 0 Å². The molecule has 74 heavy (non-hydrogen) atoms. The minimum atomic E-state index is 0. The van der Waals surface area contributed by atoms with Crippen LogP contribution < -0.4 is 0 Å². The molecule has 0 aliphatic heterocycles. The van der Waals surface area contributed by atoms with Crippen LogP contribution in [0.25, 0.3) is 123 Å². The number of nitrogens with zero attached hydrogens (tertiary/aromatic N) is 3. The molecule has 0 atom stereocenters. The molecule has 0 saturated carbocycles. The van der Waals surface area contributed by atoms with Crippen LogP contribution in [0.3, 0.4) is 0 Å². The molecule has 0 aliphatic rings. The normalized spacial score (nSPS) is 10.9. The van der Waals surface area contributed by atoms with Gasteiger partial charge in [0.1, 0.15) is 0 Å². The Morgan fingerprint density at radius 3 is 1.18 bits per heavy atom. The second-order valence-corrected chi connectivity index (χ2v) is 18.2. The van der Waals surface area contributed by atoms with Crippen molar-refractivity contribution >= 4 is 0 Å². The van der Waals surface area contributed by atoms with Crippen molar-refractivity contribution in [3.8, 4) is 123 Å². The molecule has 3 aromatic heterocycles. The Morgan fingerprint density at radius 1 is 0.257 bits per heavy atom. The summed E-state index contributed by atoms with van der Waals surface area (Å²) in [6.45, 7) is 2.18. The van der Waals surface area contributed by atoms with Crippen LogP contribution in [-0.4, -0.2) is 15.0 Å². The number of benzene rings is 9. The average Bonchev–Trinajstić information content (AvgIpc) is 3.48. The van der Waals surface area contributed by atoms with Crippen molar-refractivity contribution in [1.29, 1.82) is 0 Å². The van der Waals surface area contributed by atoms with Crippen molar-refractivity contribution in [3.05, 3.63) is 285 Å². The van der Waals surface area contributed by atoms with Gasteiger partial charge in [0.05, 0.1) is 0 Å². The molecule has 0 aliphatic carbocycles. The summed E-state index contributed by atoms with van der Waals surface area (Å²) in [6.07, 6.45) is 5.99. The van der Waals surface area contributed by atoms with Crippen molar-refractivity contribution in [2.75, 3.05) is 0 Å². The fourth-order valence-corrected chi connectivity index (χ4v) is 9.86. The SMILES string of the molecule is Cc1cc(-c2[c-]ccc(-c3cccc(-c4ccccc4)c3)c2)ncc1-c1ccccc1-c1cc(-c2ccccc2-c2ccc(-c3[c-]cccc3)nc2)cc(-c2ccccc2-c2ccc(-c3[c-]cccc3)nc2)c1.[Ir+3]. The first-order valence-corrected chi connectivity index (χ1v) is 24.5. The predicted molar refractivity (Wildman–Crippen MR) is 301 cm³/mol. The number of aromatic nitrogens is 3. The maximum absolute atomic E-state index is 5.15. The van der Waals surface area contributed by atoms with E-state index in [-0.39, 0.29) is 20.1 Å². The van der Waals surface area contributed by atoms with Crippen LogP contribution in [0.5, 0.6) is 0 Å². The minimum absolute atomic E-state index is 0. The largest absolute Gasteiger partial charge is 3.00 e. The molecule has 0 spiro atoms. The summed E-state index contributed by atoms with van der Waals surface area (Å²) in [5, 5.41) is 0. The van der Waals surface area contributed by atoms with E-state index in [4.69, 9.17) is 15.0 Å². The predicted octanol–water partition coefficient (Wildman–Crippen LogP) is 17.9. The maximum Gasteiger partial charge on any atom is 3.00 e. The third-order valence-electron chi connectivity index (χ3n) is 13.5. The molecule has 12 rings (SSSR count). The molecule has 4 heteroatoms. The van der Waals surface area contributed by atoms with Crippen molar-refractivity contribution in [2.24, 2.45) is 0 Å². The summed E-state index contributed by atoms with van der Waals surface area (Å²) in [7, 11) is 0. The van der Waals surface area contributed by atoms with E-state index < -0.39 is 0 Å². The molecule has 0 amide bonds. The zero-order valence-electron chi connectivity index (χ0n) is 40.5. The van der Waals surface area contributed by atoms with Crippen LogP contribution in [0, 0.1) is 25.1 Å². The van der Waals surface area contributed by atoms with Gasteiger partial charge >= 0.3 is 20.1 Å². The zero-order chi connectivity index (χ0) is 48.9. The van der Waals surface area contributed by atoms with Crippen molar-refractivity contribution in [3.63, 3.8) is 0 Å². The van der Waals surface area contributed by atoms with E-state index in [9.17, 15) is 0 Å². The summed E-state index contributed by atoms with van der Waals surface area (Å²) < 4.78 is 0. The number of hydrogen-bond acceptors (Lipinski definition) is 3. The first-order chi connectivity index (χ1) is 36.1. The van der Waals surface area contributed by atoms with E-state index in [2.05, 4.69) is 213 Å². The molecule has 9 aromatic carbocycles. The topological polar surface area (TPSA) is 38.7 Å². The van der Waals surface area contributed by atoms with Crippen molar-refractivity contribution in [1.82, 2.24) is 15.0 Å². The number of aryl methyl sites for hydroxylation is 1. The van der Waals surface area contributed by atoms with Gasteiger partial charge in [0.15, 0.2) is 0 Å². The number of hydrogen-bond donors (Lipinski definition) is 0. The molecule has 12 aromatic rings. The molecule has 0 radical (unpaired) electrons. The van der Waals surface area contributed by atoms with Gasteiger partial charge in [-0.3, -0.25) is 0 Å². The molecule has 3 heterocycles. The molecular formula is C70H46IrN3. The first kappa shape index (κ1) is 47.4. The molecule has 0 bridgehead atoms. The molecule has 0 unspecified atom stereocenters. The van der Waals surface area contributed by atoms with Crippen LogP contribution in [0.1, 0.15) is 5.56 Å². The van der Waals surface area contributed by atoms with Gasteiger partial charge in [0.2, 0.25) is 0 Å². The van der Waals surface area contributed by atoms with Gasteiger partial charge in [0.25, 0.3) is 0 Å². The molecule has 0 fully saturated rings. The molecular weight excluding hydrogens is 1080 g/mol. The Kier molecular flexibility index (Phi) is 13.7. The van der Waals surface area contributed by atoms with Crippen LogP contribution in [0.4, 0.5) is 0 Å². The Hall–Kier alpha value is -8.92. The van der Waals surface area contributed by atoms with E-state index in [1.165, 1.54) is 11.1 Å². The van der Waals surface area contributed by atoms with Crippen LogP contribution in [0.15, 0.2) is 261 Å². The van der Waals surface area contributed by atoms with Crippen molar-refractivity contribution in [2.45, 2.75) is 6.92 Å². The average molecular weight is 1120 g/mol. The number of rotatable bonds is 11. The number of pyridine rings is 3. The van der Waals surface area contributed by atoms with Gasteiger partial charge in [-0.15, -0.1) is 107 Å². The van der Waals surface area contributed by atoms with Gasteiger partial charge < -0.3 is 15.0 Å². The molecule has 0 N–H and O–H groups in total. The Bertz CT molecular complexity index is 3750.